The van der Waals surface area contributed by atoms with E-state index in [0.717, 1.165) is 6.07 Å². The van der Waals surface area contributed by atoms with Crippen LogP contribution in [0.3, 0.4) is 0 Å². The number of carbonyl (C=O) groups is 3. The molecule has 0 amide bonds. The van der Waals surface area contributed by atoms with Crippen LogP contribution in [-0.2, 0) is 6.61 Å². The molecule has 2 aliphatic carbocycles. The second-order valence-electron chi connectivity index (χ2n) is 9.60. The lowest BCUT2D eigenvalue weighted by molar-refractivity contribution is 0.0695. The number of carbonyl (C=O) groups excluding carboxylic acids is 2. The summed E-state index contributed by atoms with van der Waals surface area (Å²) in [5.74, 6) is -6.32. The minimum absolute atomic E-state index is 0.0826. The molecule has 0 aliphatic heterocycles. The molecule has 0 spiro atoms. The summed E-state index contributed by atoms with van der Waals surface area (Å²) in [7, 11) is 0. The number of ketones is 2. The third-order valence-electron chi connectivity index (χ3n) is 7.52. The van der Waals surface area contributed by atoms with Crippen molar-refractivity contribution in [1.82, 2.24) is 0 Å². The molecule has 194 valence electrons. The number of phenolic OH excluding ortho intramolecular Hbond substituents is 4. The summed E-state index contributed by atoms with van der Waals surface area (Å²) in [5.41, 5.74) is 0.500. The molecule has 0 heterocycles. The second-order valence-corrected chi connectivity index (χ2v) is 9.60. The van der Waals surface area contributed by atoms with Gasteiger partial charge in [0.1, 0.15) is 23.0 Å². The van der Waals surface area contributed by atoms with Gasteiger partial charge in [-0.05, 0) is 58.1 Å². The van der Waals surface area contributed by atoms with E-state index in [-0.39, 0.29) is 56.0 Å². The summed E-state index contributed by atoms with van der Waals surface area (Å²) in [5, 5.41) is 62.8. The molecular weight excluding hydrogens is 504 g/mol. The third kappa shape index (κ3) is 3.33. The molecule has 39 heavy (non-hydrogen) atoms. The van der Waals surface area contributed by atoms with Crippen molar-refractivity contribution in [2.45, 2.75) is 18.4 Å². The highest BCUT2D eigenvalue weighted by Crippen LogP contribution is 2.55. The Kier molecular flexibility index (Phi) is 5.24. The van der Waals surface area contributed by atoms with Crippen molar-refractivity contribution in [2.75, 3.05) is 0 Å². The van der Waals surface area contributed by atoms with Gasteiger partial charge in [-0.1, -0.05) is 30.3 Å². The van der Waals surface area contributed by atoms with Gasteiger partial charge in [0.15, 0.2) is 0 Å². The van der Waals surface area contributed by atoms with Crippen molar-refractivity contribution in [3.05, 3.63) is 116 Å². The maximum absolute atomic E-state index is 13.6. The highest BCUT2D eigenvalue weighted by Gasteiger charge is 2.45. The van der Waals surface area contributed by atoms with Crippen LogP contribution in [0.25, 0.3) is 0 Å². The summed E-state index contributed by atoms with van der Waals surface area (Å²) < 4.78 is 0. The molecule has 0 aromatic heterocycles. The maximum atomic E-state index is 13.6. The first kappa shape index (κ1) is 24.2. The van der Waals surface area contributed by atoms with Crippen LogP contribution in [0, 0.1) is 0 Å². The molecule has 0 bridgehead atoms. The number of carboxylic acids is 1. The molecule has 2 atom stereocenters. The quantitative estimate of drug-likeness (QED) is 0.233. The topological polar surface area (TPSA) is 173 Å². The van der Waals surface area contributed by atoms with Gasteiger partial charge in [-0.15, -0.1) is 0 Å². The fourth-order valence-electron chi connectivity index (χ4n) is 5.99. The lowest BCUT2D eigenvalue weighted by Crippen LogP contribution is -2.30. The predicted octanol–water partition coefficient (Wildman–Crippen LogP) is 3.75. The predicted molar refractivity (Wildman–Crippen MR) is 136 cm³/mol. The molecule has 2 aliphatic rings. The van der Waals surface area contributed by atoms with Gasteiger partial charge in [-0.25, -0.2) is 4.79 Å². The smallest absolute Gasteiger partial charge is 0.335 e. The standard InChI is InChI=1S/C30H20O9/c31-11-12-7-16-22(14-3-1-5-18(32)24(14)28(36)26(16)20(34)8-12)23-15-4-2-6-19(33)25(15)29(37)27-17(23)9-13(30(38)39)10-21(27)35/h1-10,22-23,31-35H,11H2,(H,38,39)/t22-,23-/m0/s1. The van der Waals surface area contributed by atoms with E-state index in [9.17, 15) is 45.0 Å². The normalized spacial score (nSPS) is 17.2. The van der Waals surface area contributed by atoms with E-state index in [0.29, 0.717) is 11.1 Å². The zero-order chi connectivity index (χ0) is 27.7. The van der Waals surface area contributed by atoms with Crippen molar-refractivity contribution < 1.29 is 45.0 Å². The fraction of sp³-hybridized carbons (Fsp3) is 0.100. The molecule has 0 saturated heterocycles. The van der Waals surface area contributed by atoms with Crippen LogP contribution >= 0.6 is 0 Å². The highest BCUT2D eigenvalue weighted by molar-refractivity contribution is 6.18. The molecule has 4 aromatic carbocycles. The van der Waals surface area contributed by atoms with Crippen LogP contribution in [0.15, 0.2) is 60.7 Å². The molecule has 4 aromatic rings. The van der Waals surface area contributed by atoms with Crippen molar-refractivity contribution >= 4 is 17.5 Å². The Morgan fingerprint density at radius 1 is 0.615 bits per heavy atom. The number of aromatic hydroxyl groups is 4. The van der Waals surface area contributed by atoms with Gasteiger partial charge in [-0.3, -0.25) is 9.59 Å². The van der Waals surface area contributed by atoms with Crippen LogP contribution in [0.4, 0.5) is 0 Å². The number of hydrogen-bond acceptors (Lipinski definition) is 8. The average molecular weight is 524 g/mol. The summed E-state index contributed by atoms with van der Waals surface area (Å²) >= 11 is 0. The van der Waals surface area contributed by atoms with Crippen molar-refractivity contribution in [2.24, 2.45) is 0 Å². The van der Waals surface area contributed by atoms with E-state index < -0.39 is 47.5 Å². The number of aromatic carboxylic acids is 1. The first-order chi connectivity index (χ1) is 18.6. The number of fused-ring (bicyclic) bond motifs is 4. The van der Waals surface area contributed by atoms with E-state index >= 15 is 0 Å². The van der Waals surface area contributed by atoms with Gasteiger partial charge in [0.2, 0.25) is 11.6 Å². The second kappa shape index (κ2) is 8.44. The zero-order valence-corrected chi connectivity index (χ0v) is 20.0. The molecule has 6 rings (SSSR count). The molecule has 9 heteroatoms. The number of rotatable bonds is 3. The van der Waals surface area contributed by atoms with Gasteiger partial charge < -0.3 is 30.6 Å². The van der Waals surface area contributed by atoms with E-state index in [1.165, 1.54) is 42.5 Å². The molecule has 0 saturated carbocycles. The lowest BCUT2D eigenvalue weighted by Gasteiger charge is -2.38. The highest BCUT2D eigenvalue weighted by atomic mass is 16.4. The molecule has 9 nitrogen and oxygen atoms in total. The molecule has 0 radical (unpaired) electrons. The van der Waals surface area contributed by atoms with Gasteiger partial charge in [-0.2, -0.15) is 0 Å². The van der Waals surface area contributed by atoms with E-state index in [4.69, 9.17) is 0 Å². The lowest BCUT2D eigenvalue weighted by atomic mass is 9.63. The molecule has 0 fully saturated rings. The Bertz CT molecular complexity index is 1770. The van der Waals surface area contributed by atoms with Crippen molar-refractivity contribution in [3.8, 4) is 23.0 Å². The van der Waals surface area contributed by atoms with Crippen LogP contribution in [0.2, 0.25) is 0 Å². The Morgan fingerprint density at radius 3 is 1.56 bits per heavy atom. The first-order valence-electron chi connectivity index (χ1n) is 11.9. The van der Waals surface area contributed by atoms with Gasteiger partial charge in [0, 0.05) is 11.8 Å². The van der Waals surface area contributed by atoms with E-state index in [2.05, 4.69) is 0 Å². The zero-order valence-electron chi connectivity index (χ0n) is 20.0. The molecule has 0 unspecified atom stereocenters. The van der Waals surface area contributed by atoms with Gasteiger partial charge in [0.25, 0.3) is 0 Å². The Labute approximate surface area is 220 Å². The monoisotopic (exact) mass is 524 g/mol. The Hall–Kier alpha value is -5.15. The maximum Gasteiger partial charge on any atom is 0.335 e. The Morgan fingerprint density at radius 2 is 1.08 bits per heavy atom. The minimum atomic E-state index is -1.35. The summed E-state index contributed by atoms with van der Waals surface area (Å²) in [6, 6.07) is 13.9. The largest absolute Gasteiger partial charge is 0.507 e. The van der Waals surface area contributed by atoms with Crippen LogP contribution < -0.4 is 0 Å². The van der Waals surface area contributed by atoms with Gasteiger partial charge >= 0.3 is 5.97 Å². The van der Waals surface area contributed by atoms with Crippen LogP contribution in [-0.4, -0.2) is 48.2 Å². The number of phenols is 4. The summed E-state index contributed by atoms with van der Waals surface area (Å²) in [4.78, 5) is 39.1. The van der Waals surface area contributed by atoms with Gasteiger partial charge in [0.05, 0.1) is 34.4 Å². The SMILES string of the molecule is O=C(O)c1cc(O)c2c(c1)[C@@H]([C@H]1c3cccc(O)c3C(=O)c3c(O)cc(CO)cc31)c1cccc(O)c1C2=O. The fourth-order valence-corrected chi connectivity index (χ4v) is 5.99. The number of aliphatic hydroxyl groups excluding tert-OH is 1. The number of hydrogen-bond donors (Lipinski definition) is 6. The van der Waals surface area contributed by atoms with E-state index in [1.807, 2.05) is 0 Å². The summed E-state index contributed by atoms with van der Waals surface area (Å²) in [6.45, 7) is -0.463. The van der Waals surface area contributed by atoms with Crippen LogP contribution in [0.1, 0.15) is 81.9 Å². The van der Waals surface area contributed by atoms with Crippen LogP contribution in [0.5, 0.6) is 23.0 Å². The summed E-state index contributed by atoms with van der Waals surface area (Å²) in [6.07, 6.45) is 0. The molecular formula is C30H20O9. The van der Waals surface area contributed by atoms with Crippen molar-refractivity contribution in [3.63, 3.8) is 0 Å². The average Bonchev–Trinajstić information content (AvgIpc) is 2.89. The molecule has 6 N–H and O–H groups in total. The third-order valence-corrected chi connectivity index (χ3v) is 7.52. The Balaban J connectivity index is 1.78. The number of aliphatic hydroxyl groups is 1. The van der Waals surface area contributed by atoms with E-state index in [1.54, 1.807) is 12.1 Å². The number of benzene rings is 4. The number of carboxylic acid groups (broad SMARTS) is 1. The van der Waals surface area contributed by atoms with Crippen molar-refractivity contribution in [1.29, 1.82) is 0 Å². The minimum Gasteiger partial charge on any atom is -0.507 e. The first-order valence-corrected chi connectivity index (χ1v) is 11.9.